The summed E-state index contributed by atoms with van der Waals surface area (Å²) in [5.74, 6) is -0.962. The number of carbonyl (C=O) groups excluding carboxylic acids is 2. The molecule has 1 aromatic heterocycles. The number of carbonyl (C=O) groups is 2. The molecule has 0 bridgehead atoms. The Labute approximate surface area is 164 Å². The topological polar surface area (TPSA) is 81.2 Å². The molecule has 0 spiro atoms. The number of aromatic nitrogens is 2. The molecule has 0 aliphatic rings. The van der Waals surface area contributed by atoms with Gasteiger partial charge >= 0.3 is 5.97 Å². The molecule has 1 heterocycles. The van der Waals surface area contributed by atoms with Gasteiger partial charge in [0, 0.05) is 5.69 Å². The van der Waals surface area contributed by atoms with Crippen LogP contribution in [-0.2, 0) is 16.0 Å². The molecule has 2 aromatic carbocycles. The van der Waals surface area contributed by atoms with Gasteiger partial charge in [-0.05, 0) is 63.1 Å². The van der Waals surface area contributed by atoms with Crippen molar-refractivity contribution in [3.63, 3.8) is 0 Å². The maximum atomic E-state index is 12.4. The summed E-state index contributed by atoms with van der Waals surface area (Å²) in [4.78, 5) is 33.7. The number of esters is 1. The molecule has 3 rings (SSSR count). The molecule has 1 amide bonds. The summed E-state index contributed by atoms with van der Waals surface area (Å²) in [6, 6.07) is 12.5. The molecule has 0 aliphatic heterocycles. The van der Waals surface area contributed by atoms with Crippen LogP contribution in [0.5, 0.6) is 0 Å². The second-order valence-corrected chi connectivity index (χ2v) is 6.69. The highest BCUT2D eigenvalue weighted by Crippen LogP contribution is 2.16. The van der Waals surface area contributed by atoms with Crippen LogP contribution in [0.4, 0.5) is 5.69 Å². The molecule has 6 nitrogen and oxygen atoms in total. The van der Waals surface area contributed by atoms with E-state index in [-0.39, 0.29) is 5.91 Å². The van der Waals surface area contributed by atoms with Gasteiger partial charge in [0.1, 0.15) is 0 Å². The third-order valence-corrected chi connectivity index (χ3v) is 4.59. The van der Waals surface area contributed by atoms with Crippen molar-refractivity contribution in [3.05, 3.63) is 65.0 Å². The summed E-state index contributed by atoms with van der Waals surface area (Å²) < 4.78 is 5.32. The largest absolute Gasteiger partial charge is 0.449 e. The molecule has 0 aliphatic carbocycles. The van der Waals surface area contributed by atoms with Gasteiger partial charge in [0.05, 0.1) is 28.0 Å². The summed E-state index contributed by atoms with van der Waals surface area (Å²) in [6.07, 6.45) is -0.00261. The van der Waals surface area contributed by atoms with E-state index in [0.29, 0.717) is 22.3 Å². The molecular formula is C22H23N3O3. The van der Waals surface area contributed by atoms with Gasteiger partial charge in [-0.3, -0.25) is 4.79 Å². The number of anilines is 1. The molecule has 1 atom stereocenters. The van der Waals surface area contributed by atoms with Crippen LogP contribution < -0.4 is 5.32 Å². The van der Waals surface area contributed by atoms with Gasteiger partial charge in [-0.1, -0.05) is 19.1 Å². The SMILES string of the molecule is CCc1ccc(NC(=O)[C@H](C)OC(=O)c2ccc3nc(C)c(C)nc3c2)cc1. The minimum atomic E-state index is -0.931. The van der Waals surface area contributed by atoms with E-state index in [1.54, 1.807) is 25.1 Å². The zero-order chi connectivity index (χ0) is 20.3. The quantitative estimate of drug-likeness (QED) is 0.680. The Hall–Kier alpha value is -3.28. The fourth-order valence-corrected chi connectivity index (χ4v) is 2.71. The Morgan fingerprint density at radius 1 is 1.00 bits per heavy atom. The van der Waals surface area contributed by atoms with E-state index in [4.69, 9.17) is 4.74 Å². The third kappa shape index (κ3) is 4.34. The highest BCUT2D eigenvalue weighted by molar-refractivity contribution is 5.98. The third-order valence-electron chi connectivity index (χ3n) is 4.59. The Kier molecular flexibility index (Phi) is 5.68. The Morgan fingerprint density at radius 3 is 2.29 bits per heavy atom. The normalized spacial score (nSPS) is 11.9. The number of ether oxygens (including phenoxy) is 1. The van der Waals surface area contributed by atoms with Gasteiger partial charge in [-0.25, -0.2) is 14.8 Å². The minimum absolute atomic E-state index is 0.331. The lowest BCUT2D eigenvalue weighted by atomic mass is 10.1. The molecule has 144 valence electrons. The lowest BCUT2D eigenvalue weighted by Crippen LogP contribution is -2.30. The number of hydrogen-bond donors (Lipinski definition) is 1. The first-order valence-electron chi connectivity index (χ1n) is 9.23. The van der Waals surface area contributed by atoms with Crippen molar-refractivity contribution < 1.29 is 14.3 Å². The molecule has 0 saturated carbocycles. The van der Waals surface area contributed by atoms with Crippen LogP contribution in [0.3, 0.4) is 0 Å². The van der Waals surface area contributed by atoms with E-state index in [2.05, 4.69) is 22.2 Å². The fraction of sp³-hybridized carbons (Fsp3) is 0.273. The molecule has 0 saturated heterocycles. The van der Waals surface area contributed by atoms with Crippen LogP contribution in [0.2, 0.25) is 0 Å². The lowest BCUT2D eigenvalue weighted by molar-refractivity contribution is -0.123. The number of amides is 1. The number of benzene rings is 2. The molecule has 28 heavy (non-hydrogen) atoms. The van der Waals surface area contributed by atoms with Gasteiger partial charge in [-0.15, -0.1) is 0 Å². The van der Waals surface area contributed by atoms with Crippen molar-refractivity contribution >= 4 is 28.6 Å². The van der Waals surface area contributed by atoms with E-state index in [9.17, 15) is 9.59 Å². The van der Waals surface area contributed by atoms with Crippen molar-refractivity contribution in [2.75, 3.05) is 5.32 Å². The molecule has 0 radical (unpaired) electrons. The van der Waals surface area contributed by atoms with Gasteiger partial charge in [0.2, 0.25) is 0 Å². The summed E-state index contributed by atoms with van der Waals surface area (Å²) in [5, 5.41) is 2.75. The molecule has 6 heteroatoms. The molecule has 3 aromatic rings. The lowest BCUT2D eigenvalue weighted by Gasteiger charge is -2.14. The summed E-state index contributed by atoms with van der Waals surface area (Å²) >= 11 is 0. The van der Waals surface area contributed by atoms with Crippen LogP contribution >= 0.6 is 0 Å². The van der Waals surface area contributed by atoms with Gasteiger partial charge in [0.15, 0.2) is 6.10 Å². The highest BCUT2D eigenvalue weighted by atomic mass is 16.5. The van der Waals surface area contributed by atoms with E-state index in [1.165, 1.54) is 5.56 Å². The molecular weight excluding hydrogens is 354 g/mol. The summed E-state index contributed by atoms with van der Waals surface area (Å²) in [7, 11) is 0. The monoisotopic (exact) mass is 377 g/mol. The first-order chi connectivity index (χ1) is 13.4. The number of rotatable bonds is 5. The molecule has 0 unspecified atom stereocenters. The van der Waals surface area contributed by atoms with Crippen LogP contribution in [0.1, 0.15) is 41.2 Å². The Morgan fingerprint density at radius 2 is 1.64 bits per heavy atom. The van der Waals surface area contributed by atoms with Crippen molar-refractivity contribution in [1.82, 2.24) is 9.97 Å². The number of nitrogens with zero attached hydrogens (tertiary/aromatic N) is 2. The zero-order valence-corrected chi connectivity index (χ0v) is 16.4. The number of hydrogen-bond acceptors (Lipinski definition) is 5. The second-order valence-electron chi connectivity index (χ2n) is 6.69. The summed E-state index contributed by atoms with van der Waals surface area (Å²) in [6.45, 7) is 7.37. The van der Waals surface area contributed by atoms with Gasteiger partial charge in [-0.2, -0.15) is 0 Å². The molecule has 1 N–H and O–H groups in total. The van der Waals surface area contributed by atoms with Crippen molar-refractivity contribution in [1.29, 1.82) is 0 Å². The van der Waals surface area contributed by atoms with Gasteiger partial charge in [0.25, 0.3) is 5.91 Å². The first-order valence-corrected chi connectivity index (χ1v) is 9.23. The van der Waals surface area contributed by atoms with Crippen LogP contribution in [0.15, 0.2) is 42.5 Å². The average Bonchev–Trinajstić information content (AvgIpc) is 2.69. The zero-order valence-electron chi connectivity index (χ0n) is 16.4. The van der Waals surface area contributed by atoms with E-state index >= 15 is 0 Å². The van der Waals surface area contributed by atoms with Crippen molar-refractivity contribution in [2.45, 2.75) is 40.2 Å². The predicted molar refractivity (Wildman–Crippen MR) is 108 cm³/mol. The van der Waals surface area contributed by atoms with Crippen LogP contribution in [0.25, 0.3) is 11.0 Å². The minimum Gasteiger partial charge on any atom is -0.449 e. The molecule has 0 fully saturated rings. The average molecular weight is 377 g/mol. The van der Waals surface area contributed by atoms with E-state index in [1.807, 2.05) is 38.1 Å². The second kappa shape index (κ2) is 8.17. The van der Waals surface area contributed by atoms with E-state index in [0.717, 1.165) is 17.8 Å². The fourth-order valence-electron chi connectivity index (χ4n) is 2.71. The van der Waals surface area contributed by atoms with E-state index < -0.39 is 12.1 Å². The number of aryl methyl sites for hydroxylation is 3. The number of nitrogens with one attached hydrogen (secondary N) is 1. The van der Waals surface area contributed by atoms with Crippen LogP contribution in [-0.4, -0.2) is 27.9 Å². The summed E-state index contributed by atoms with van der Waals surface area (Å²) in [5.41, 5.74) is 5.16. The first kappa shape index (κ1) is 19.5. The maximum Gasteiger partial charge on any atom is 0.338 e. The van der Waals surface area contributed by atoms with Crippen molar-refractivity contribution in [3.8, 4) is 0 Å². The van der Waals surface area contributed by atoms with Crippen LogP contribution in [0, 0.1) is 13.8 Å². The highest BCUT2D eigenvalue weighted by Gasteiger charge is 2.19. The Balaban J connectivity index is 1.68. The smallest absolute Gasteiger partial charge is 0.338 e. The van der Waals surface area contributed by atoms with Gasteiger partial charge < -0.3 is 10.1 Å². The maximum absolute atomic E-state index is 12.4. The number of fused-ring (bicyclic) bond motifs is 1. The standard InChI is InChI=1S/C22H23N3O3/c1-5-16-6-9-18(10-7-16)25-21(26)15(4)28-22(27)17-8-11-19-20(12-17)24-14(3)13(2)23-19/h6-12,15H,5H2,1-4H3,(H,25,26)/t15-/m0/s1. The predicted octanol–water partition coefficient (Wildman–Crippen LogP) is 3.99. The Bertz CT molecular complexity index is 1030. The van der Waals surface area contributed by atoms with Crippen molar-refractivity contribution in [2.24, 2.45) is 0 Å².